The zero-order valence-corrected chi connectivity index (χ0v) is 18.3. The molecule has 1 aliphatic carbocycles. The molecule has 1 aliphatic heterocycles. The van der Waals surface area contributed by atoms with Gasteiger partial charge >= 0.3 is 0 Å². The number of likely N-dealkylation sites (tertiary alicyclic amines) is 1. The monoisotopic (exact) mass is 426 g/mol. The Balaban J connectivity index is 1.18. The number of nitrogens with zero attached hydrogens (tertiary/aromatic N) is 1. The highest BCUT2D eigenvalue weighted by molar-refractivity contribution is 5.80. The second kappa shape index (κ2) is 9.25. The van der Waals surface area contributed by atoms with Crippen LogP contribution in [0.3, 0.4) is 0 Å². The number of piperidine rings is 1. The lowest BCUT2D eigenvalue weighted by molar-refractivity contribution is -0.135. The maximum absolute atomic E-state index is 13.6. The molecule has 2 fully saturated rings. The molecule has 6 heteroatoms. The summed E-state index contributed by atoms with van der Waals surface area (Å²) in [4.78, 5) is 26.9. The lowest BCUT2D eigenvalue weighted by Crippen LogP contribution is -2.43. The van der Waals surface area contributed by atoms with E-state index in [9.17, 15) is 14.0 Å². The summed E-state index contributed by atoms with van der Waals surface area (Å²) >= 11 is 0. The van der Waals surface area contributed by atoms with Gasteiger partial charge in [-0.25, -0.2) is 4.39 Å². The number of furan rings is 1. The van der Waals surface area contributed by atoms with Crippen molar-refractivity contribution in [1.82, 2.24) is 10.2 Å². The number of benzene rings is 1. The lowest BCUT2D eigenvalue weighted by atomic mass is 9.95. The highest BCUT2D eigenvalue weighted by Crippen LogP contribution is 2.47. The van der Waals surface area contributed by atoms with E-state index in [0.717, 1.165) is 17.1 Å². The zero-order valence-electron chi connectivity index (χ0n) is 18.3. The first kappa shape index (κ1) is 21.6. The molecule has 0 bridgehead atoms. The number of hydrogen-bond donors (Lipinski definition) is 1. The van der Waals surface area contributed by atoms with Crippen LogP contribution in [0, 0.1) is 24.6 Å². The van der Waals surface area contributed by atoms with Gasteiger partial charge in [-0.15, -0.1) is 0 Å². The minimum atomic E-state index is -0.258. The highest BCUT2D eigenvalue weighted by atomic mass is 19.1. The molecule has 2 atom stereocenters. The van der Waals surface area contributed by atoms with E-state index in [0.29, 0.717) is 62.7 Å². The van der Waals surface area contributed by atoms with Crippen molar-refractivity contribution in [3.8, 4) is 0 Å². The number of nitrogens with one attached hydrogen (secondary N) is 1. The number of halogens is 1. The minimum Gasteiger partial charge on any atom is -0.466 e. The van der Waals surface area contributed by atoms with Crippen molar-refractivity contribution >= 4 is 11.8 Å². The Hall–Kier alpha value is -2.63. The molecule has 0 radical (unpaired) electrons. The summed E-state index contributed by atoms with van der Waals surface area (Å²) in [6.07, 6.45) is 3.56. The summed E-state index contributed by atoms with van der Waals surface area (Å²) < 4.78 is 19.5. The fraction of sp³-hybridized carbons (Fsp3) is 0.520. The fourth-order valence-corrected chi connectivity index (χ4v) is 4.31. The van der Waals surface area contributed by atoms with Crippen LogP contribution >= 0.6 is 0 Å². The van der Waals surface area contributed by atoms with Gasteiger partial charge in [0.05, 0.1) is 0 Å². The summed E-state index contributed by atoms with van der Waals surface area (Å²) in [6.45, 7) is 5.45. The lowest BCUT2D eigenvalue weighted by Gasteiger charge is -2.31. The van der Waals surface area contributed by atoms with Crippen molar-refractivity contribution in [2.45, 2.75) is 58.4 Å². The first-order valence-electron chi connectivity index (χ1n) is 11.3. The van der Waals surface area contributed by atoms with Gasteiger partial charge < -0.3 is 14.6 Å². The standard InChI is InChI=1S/C25H31FN2O3/c1-16-3-4-18(14-22(16)26)15-27-25(30)19-9-11-28(12-10-19)24(29)8-6-20-5-7-23(31-20)21-13-17(21)2/h3-5,7,14,17,19,21H,6,8-13,15H2,1-2H3,(H,27,30). The van der Waals surface area contributed by atoms with Gasteiger partial charge in [0.1, 0.15) is 17.3 Å². The van der Waals surface area contributed by atoms with E-state index in [1.807, 2.05) is 23.1 Å². The summed E-state index contributed by atoms with van der Waals surface area (Å²) in [5, 5.41) is 2.90. The van der Waals surface area contributed by atoms with Crippen molar-refractivity contribution in [2.24, 2.45) is 11.8 Å². The van der Waals surface area contributed by atoms with Crippen molar-refractivity contribution in [1.29, 1.82) is 0 Å². The molecule has 166 valence electrons. The Labute approximate surface area is 183 Å². The molecule has 2 aromatic rings. The fourth-order valence-electron chi connectivity index (χ4n) is 4.31. The van der Waals surface area contributed by atoms with Gasteiger partial charge in [0.15, 0.2) is 0 Å². The Morgan fingerprint density at radius 1 is 1.19 bits per heavy atom. The molecule has 1 saturated heterocycles. The summed E-state index contributed by atoms with van der Waals surface area (Å²) in [5.41, 5.74) is 1.35. The van der Waals surface area contributed by atoms with Crippen LogP contribution in [0.25, 0.3) is 0 Å². The average molecular weight is 427 g/mol. The van der Waals surface area contributed by atoms with E-state index >= 15 is 0 Å². The van der Waals surface area contributed by atoms with Gasteiger partial charge in [-0.3, -0.25) is 9.59 Å². The minimum absolute atomic E-state index is 0.0227. The van der Waals surface area contributed by atoms with Crippen LogP contribution in [0.1, 0.15) is 61.2 Å². The molecule has 1 aromatic carbocycles. The third kappa shape index (κ3) is 5.35. The van der Waals surface area contributed by atoms with Crippen molar-refractivity contribution < 1.29 is 18.4 Å². The Bertz CT molecular complexity index is 946. The molecule has 2 amide bonds. The van der Waals surface area contributed by atoms with E-state index in [1.165, 1.54) is 12.5 Å². The van der Waals surface area contributed by atoms with Crippen LogP contribution in [-0.2, 0) is 22.6 Å². The molecule has 2 unspecified atom stereocenters. The normalized spacial score (nSPS) is 21.2. The van der Waals surface area contributed by atoms with Crippen LogP contribution in [0.4, 0.5) is 4.39 Å². The van der Waals surface area contributed by atoms with Crippen LogP contribution in [0.2, 0.25) is 0 Å². The number of aryl methyl sites for hydroxylation is 2. The van der Waals surface area contributed by atoms with Gasteiger partial charge in [-0.1, -0.05) is 19.1 Å². The average Bonchev–Trinajstić information content (AvgIpc) is 3.31. The predicted molar refractivity (Wildman–Crippen MR) is 116 cm³/mol. The maximum Gasteiger partial charge on any atom is 0.223 e. The third-order valence-electron chi connectivity index (χ3n) is 6.66. The number of amides is 2. The van der Waals surface area contributed by atoms with Gasteiger partial charge in [0.25, 0.3) is 0 Å². The van der Waals surface area contributed by atoms with Crippen LogP contribution < -0.4 is 5.32 Å². The number of rotatable bonds is 7. The molecule has 5 nitrogen and oxygen atoms in total. The Morgan fingerprint density at radius 3 is 2.61 bits per heavy atom. The smallest absolute Gasteiger partial charge is 0.223 e. The predicted octanol–water partition coefficient (Wildman–Crippen LogP) is 4.34. The quantitative estimate of drug-likeness (QED) is 0.717. The van der Waals surface area contributed by atoms with Gasteiger partial charge in [-0.05, 0) is 61.4 Å². The number of carbonyl (C=O) groups is 2. The molecule has 2 aliphatic rings. The number of hydrogen-bond acceptors (Lipinski definition) is 3. The van der Waals surface area contributed by atoms with Crippen molar-refractivity contribution in [3.63, 3.8) is 0 Å². The topological polar surface area (TPSA) is 62.6 Å². The molecule has 1 N–H and O–H groups in total. The molecule has 1 aromatic heterocycles. The summed E-state index contributed by atoms with van der Waals surface area (Å²) in [7, 11) is 0. The van der Waals surface area contributed by atoms with Gasteiger partial charge in [0, 0.05) is 44.3 Å². The molecular formula is C25H31FN2O3. The first-order valence-corrected chi connectivity index (χ1v) is 11.3. The largest absolute Gasteiger partial charge is 0.466 e. The Morgan fingerprint density at radius 2 is 1.94 bits per heavy atom. The van der Waals surface area contributed by atoms with Crippen LogP contribution in [0.15, 0.2) is 34.7 Å². The molecule has 31 heavy (non-hydrogen) atoms. The SMILES string of the molecule is Cc1ccc(CNC(=O)C2CCN(C(=O)CCc3ccc(C4CC4C)o3)CC2)cc1F. The van der Waals surface area contributed by atoms with E-state index in [4.69, 9.17) is 4.42 Å². The second-order valence-electron chi connectivity index (χ2n) is 9.08. The second-order valence-corrected chi connectivity index (χ2v) is 9.08. The van der Waals surface area contributed by atoms with Crippen LogP contribution in [0.5, 0.6) is 0 Å². The van der Waals surface area contributed by atoms with Crippen molar-refractivity contribution in [2.75, 3.05) is 13.1 Å². The van der Waals surface area contributed by atoms with E-state index in [2.05, 4.69) is 12.2 Å². The van der Waals surface area contributed by atoms with Crippen molar-refractivity contribution in [3.05, 3.63) is 58.8 Å². The van der Waals surface area contributed by atoms with E-state index < -0.39 is 0 Å². The third-order valence-corrected chi connectivity index (χ3v) is 6.66. The van der Waals surface area contributed by atoms with Crippen LogP contribution in [-0.4, -0.2) is 29.8 Å². The molecule has 0 spiro atoms. The molecule has 2 heterocycles. The highest BCUT2D eigenvalue weighted by Gasteiger charge is 2.36. The van der Waals surface area contributed by atoms with Gasteiger partial charge in [-0.2, -0.15) is 0 Å². The maximum atomic E-state index is 13.6. The number of carbonyl (C=O) groups excluding carboxylic acids is 2. The summed E-state index contributed by atoms with van der Waals surface area (Å²) in [5.74, 6) is 2.92. The van der Waals surface area contributed by atoms with E-state index in [-0.39, 0.29) is 23.5 Å². The zero-order chi connectivity index (χ0) is 22.0. The summed E-state index contributed by atoms with van der Waals surface area (Å²) in [6, 6.07) is 9.04. The molecule has 1 saturated carbocycles. The first-order chi connectivity index (χ1) is 14.9. The molecular weight excluding hydrogens is 395 g/mol. The Kier molecular flexibility index (Phi) is 6.44. The van der Waals surface area contributed by atoms with E-state index in [1.54, 1.807) is 13.0 Å². The van der Waals surface area contributed by atoms with Gasteiger partial charge in [0.2, 0.25) is 11.8 Å². The molecule has 4 rings (SSSR count).